The molecule has 0 radical (unpaired) electrons. The summed E-state index contributed by atoms with van der Waals surface area (Å²) in [6, 6.07) is 17.4. The van der Waals surface area contributed by atoms with Gasteiger partial charge in [0, 0.05) is 5.56 Å². The summed E-state index contributed by atoms with van der Waals surface area (Å²) in [4.78, 5) is 12.2. The topological polar surface area (TPSA) is 87.6 Å². The number of benzene rings is 3. The monoisotopic (exact) mass is 431 g/mol. The van der Waals surface area contributed by atoms with Crippen molar-refractivity contribution in [2.75, 3.05) is 4.72 Å². The summed E-state index contributed by atoms with van der Waals surface area (Å²) in [5.74, 6) is -0.979. The Balaban J connectivity index is 1.73. The van der Waals surface area contributed by atoms with E-state index in [9.17, 15) is 17.6 Å². The molecule has 3 rings (SSSR count). The summed E-state index contributed by atoms with van der Waals surface area (Å²) in [6.07, 6.45) is 1.34. The second-order valence-electron chi connectivity index (χ2n) is 5.86. The molecule has 0 unspecified atom stereocenters. The average Bonchev–Trinajstić information content (AvgIpc) is 2.71. The maximum atomic E-state index is 12.9. The van der Waals surface area contributed by atoms with Crippen LogP contribution in [-0.4, -0.2) is 20.5 Å². The Morgan fingerprint density at radius 1 is 1.00 bits per heavy atom. The number of amides is 1. The molecule has 0 bridgehead atoms. The first-order chi connectivity index (χ1) is 13.8. The molecule has 3 aromatic carbocycles. The highest BCUT2D eigenvalue weighted by Gasteiger charge is 2.17. The maximum absolute atomic E-state index is 12.9. The van der Waals surface area contributed by atoms with Crippen molar-refractivity contribution in [2.45, 2.75) is 4.90 Å². The fourth-order valence-corrected chi connectivity index (χ4v) is 3.70. The summed E-state index contributed by atoms with van der Waals surface area (Å²) in [6.45, 7) is 0. The van der Waals surface area contributed by atoms with E-state index < -0.39 is 15.9 Å². The molecule has 0 aromatic heterocycles. The quantitative estimate of drug-likeness (QED) is 0.456. The Morgan fingerprint density at radius 3 is 2.45 bits per heavy atom. The number of anilines is 1. The molecule has 2 N–H and O–H groups in total. The third kappa shape index (κ3) is 5.40. The summed E-state index contributed by atoms with van der Waals surface area (Å²) < 4.78 is 40.4. The molecule has 0 aliphatic carbocycles. The number of carbonyl (C=O) groups excluding carboxylic acids is 1. The molecule has 0 saturated carbocycles. The number of hydrazone groups is 1. The van der Waals surface area contributed by atoms with Crippen LogP contribution < -0.4 is 10.1 Å². The van der Waals surface area contributed by atoms with Crippen molar-refractivity contribution in [2.24, 2.45) is 5.10 Å². The molecule has 3 aromatic rings. The van der Waals surface area contributed by atoms with E-state index in [0.29, 0.717) is 5.56 Å². The Kier molecular flexibility index (Phi) is 6.26. The van der Waals surface area contributed by atoms with Crippen molar-refractivity contribution >= 4 is 39.4 Å². The molecule has 0 saturated heterocycles. The van der Waals surface area contributed by atoms with Crippen molar-refractivity contribution in [3.05, 3.63) is 94.8 Å². The van der Waals surface area contributed by atoms with Gasteiger partial charge in [0.15, 0.2) is 0 Å². The van der Waals surface area contributed by atoms with E-state index in [1.165, 1.54) is 60.8 Å². The predicted octanol–water partition coefficient (Wildman–Crippen LogP) is 4.04. The fraction of sp³-hybridized carbons (Fsp3) is 0. The van der Waals surface area contributed by atoms with Crippen LogP contribution in [0.5, 0.6) is 0 Å². The third-order valence-electron chi connectivity index (χ3n) is 3.77. The number of para-hydroxylation sites is 1. The largest absolute Gasteiger partial charge is 0.278 e. The van der Waals surface area contributed by atoms with Crippen molar-refractivity contribution in [1.29, 1.82) is 0 Å². The van der Waals surface area contributed by atoms with Gasteiger partial charge in [0.1, 0.15) is 5.82 Å². The van der Waals surface area contributed by atoms with Crippen LogP contribution in [-0.2, 0) is 10.0 Å². The molecule has 0 fully saturated rings. The van der Waals surface area contributed by atoms with Gasteiger partial charge in [-0.1, -0.05) is 41.9 Å². The summed E-state index contributed by atoms with van der Waals surface area (Å²) in [7, 11) is -3.95. The Bertz CT molecular complexity index is 1170. The number of nitrogens with one attached hydrogen (secondary N) is 2. The van der Waals surface area contributed by atoms with Crippen LogP contribution in [0.2, 0.25) is 5.02 Å². The van der Waals surface area contributed by atoms with Crippen molar-refractivity contribution in [3.8, 4) is 0 Å². The SMILES string of the molecule is O=C(NN=Cc1ccc(F)cc1)c1cccc(S(=O)(=O)Nc2ccccc2Cl)c1. The predicted molar refractivity (Wildman–Crippen MR) is 110 cm³/mol. The summed E-state index contributed by atoms with van der Waals surface area (Å²) >= 11 is 5.99. The molecule has 0 spiro atoms. The first-order valence-corrected chi connectivity index (χ1v) is 10.2. The van der Waals surface area contributed by atoms with Crippen molar-refractivity contribution < 1.29 is 17.6 Å². The third-order valence-corrected chi connectivity index (χ3v) is 5.47. The molecule has 6 nitrogen and oxygen atoms in total. The lowest BCUT2D eigenvalue weighted by Crippen LogP contribution is -2.19. The standard InChI is InChI=1S/C20H15ClFN3O3S/c21-18-6-1-2-7-19(18)25-29(27,28)17-5-3-4-15(12-17)20(26)24-23-13-14-8-10-16(22)11-9-14/h1-13,25H,(H,24,26). The summed E-state index contributed by atoms with van der Waals surface area (Å²) in [5.41, 5.74) is 3.22. The van der Waals surface area contributed by atoms with Crippen molar-refractivity contribution in [1.82, 2.24) is 5.43 Å². The molecular formula is C20H15ClFN3O3S. The van der Waals surface area contributed by atoms with Gasteiger partial charge < -0.3 is 0 Å². The maximum Gasteiger partial charge on any atom is 0.271 e. The Hall–Kier alpha value is -3.23. The van der Waals surface area contributed by atoms with Gasteiger partial charge >= 0.3 is 0 Å². The first-order valence-electron chi connectivity index (χ1n) is 8.31. The van der Waals surface area contributed by atoms with E-state index in [-0.39, 0.29) is 27.0 Å². The summed E-state index contributed by atoms with van der Waals surface area (Å²) in [5, 5.41) is 4.04. The molecular weight excluding hydrogens is 417 g/mol. The highest BCUT2D eigenvalue weighted by atomic mass is 35.5. The van der Waals surface area contributed by atoms with E-state index in [0.717, 1.165) is 0 Å². The first kappa shape index (κ1) is 20.5. The lowest BCUT2D eigenvalue weighted by atomic mass is 10.2. The zero-order chi connectivity index (χ0) is 20.9. The van der Waals surface area contributed by atoms with Crippen LogP contribution in [0, 0.1) is 5.82 Å². The van der Waals surface area contributed by atoms with Crippen LogP contribution in [0.25, 0.3) is 0 Å². The molecule has 9 heteroatoms. The number of sulfonamides is 1. The van der Waals surface area contributed by atoms with Crippen LogP contribution >= 0.6 is 11.6 Å². The number of hydrogen-bond donors (Lipinski definition) is 2. The van der Waals surface area contributed by atoms with Crippen molar-refractivity contribution in [3.63, 3.8) is 0 Å². The van der Waals surface area contributed by atoms with E-state index in [1.54, 1.807) is 18.2 Å². The second-order valence-corrected chi connectivity index (χ2v) is 7.95. The number of rotatable bonds is 6. The molecule has 29 heavy (non-hydrogen) atoms. The molecule has 0 heterocycles. The zero-order valence-corrected chi connectivity index (χ0v) is 16.4. The van der Waals surface area contributed by atoms with Gasteiger partial charge in [-0.2, -0.15) is 5.10 Å². The van der Waals surface area contributed by atoms with E-state index in [2.05, 4.69) is 15.2 Å². The molecule has 0 aliphatic rings. The minimum absolute atomic E-state index is 0.100. The van der Waals surface area contributed by atoms with E-state index in [1.807, 2.05) is 0 Å². The van der Waals surface area contributed by atoms with Gasteiger partial charge in [0.2, 0.25) is 0 Å². The van der Waals surface area contributed by atoms with Crippen LogP contribution in [0.1, 0.15) is 15.9 Å². The number of hydrogen-bond acceptors (Lipinski definition) is 4. The molecule has 148 valence electrons. The minimum atomic E-state index is -3.95. The Morgan fingerprint density at radius 2 is 1.72 bits per heavy atom. The smallest absolute Gasteiger partial charge is 0.271 e. The van der Waals surface area contributed by atoms with Gasteiger partial charge in [-0.05, 0) is 48.0 Å². The Labute approximate surface area is 172 Å². The minimum Gasteiger partial charge on any atom is -0.278 e. The fourth-order valence-electron chi connectivity index (χ4n) is 2.33. The highest BCUT2D eigenvalue weighted by molar-refractivity contribution is 7.92. The van der Waals surface area contributed by atoms with Crippen LogP contribution in [0.4, 0.5) is 10.1 Å². The van der Waals surface area contributed by atoms with Crippen LogP contribution in [0.15, 0.2) is 82.8 Å². The van der Waals surface area contributed by atoms with Gasteiger partial charge in [-0.25, -0.2) is 18.2 Å². The van der Waals surface area contributed by atoms with Gasteiger partial charge in [-0.3, -0.25) is 9.52 Å². The molecule has 1 amide bonds. The zero-order valence-electron chi connectivity index (χ0n) is 14.8. The van der Waals surface area contributed by atoms with Gasteiger partial charge in [-0.15, -0.1) is 0 Å². The number of nitrogens with zero attached hydrogens (tertiary/aromatic N) is 1. The lowest BCUT2D eigenvalue weighted by Gasteiger charge is -2.10. The second kappa shape index (κ2) is 8.85. The molecule has 0 atom stereocenters. The highest BCUT2D eigenvalue weighted by Crippen LogP contribution is 2.24. The van der Waals surface area contributed by atoms with E-state index in [4.69, 9.17) is 11.6 Å². The lowest BCUT2D eigenvalue weighted by molar-refractivity contribution is 0.0955. The normalized spacial score (nSPS) is 11.4. The number of halogens is 2. The molecule has 0 aliphatic heterocycles. The van der Waals surface area contributed by atoms with Crippen LogP contribution in [0.3, 0.4) is 0 Å². The average molecular weight is 432 g/mol. The number of carbonyl (C=O) groups is 1. The van der Waals surface area contributed by atoms with E-state index >= 15 is 0 Å². The van der Waals surface area contributed by atoms with Gasteiger partial charge in [0.05, 0.1) is 21.8 Å². The van der Waals surface area contributed by atoms with Gasteiger partial charge in [0.25, 0.3) is 15.9 Å².